The van der Waals surface area contributed by atoms with Crippen LogP contribution in [0.2, 0.25) is 0 Å². The van der Waals surface area contributed by atoms with Crippen LogP contribution in [-0.2, 0) is 14.8 Å². The molecule has 0 saturated heterocycles. The second-order valence-corrected chi connectivity index (χ2v) is 8.41. The molecule has 1 amide bonds. The third-order valence-electron chi connectivity index (χ3n) is 3.54. The zero-order chi connectivity index (χ0) is 22.7. The molecule has 0 radical (unpaired) electrons. The van der Waals surface area contributed by atoms with Gasteiger partial charge in [-0.15, -0.1) is 4.83 Å². The Morgan fingerprint density at radius 3 is 2.43 bits per heavy atom. The van der Waals surface area contributed by atoms with Crippen molar-refractivity contribution >= 4 is 50.3 Å². The third kappa shape index (κ3) is 8.41. The van der Waals surface area contributed by atoms with Crippen LogP contribution >= 0.6 is 24.4 Å². The molecule has 0 spiro atoms. The summed E-state index contributed by atoms with van der Waals surface area (Å²) in [6.07, 6.45) is 6.13. The lowest BCUT2D eigenvalue weighted by Crippen LogP contribution is -2.50. The van der Waals surface area contributed by atoms with Crippen molar-refractivity contribution in [1.29, 1.82) is 0 Å². The van der Waals surface area contributed by atoms with Gasteiger partial charge in [-0.25, -0.2) is 8.42 Å². The molecule has 0 heterocycles. The molecule has 30 heavy (non-hydrogen) atoms. The summed E-state index contributed by atoms with van der Waals surface area (Å²) in [4.78, 5) is 15.0. The van der Waals surface area contributed by atoms with E-state index in [9.17, 15) is 13.2 Å². The lowest BCUT2D eigenvalue weighted by molar-refractivity contribution is -0.121. The molecular weight excluding hydrogens is 442 g/mol. The molecule has 0 saturated carbocycles. The average molecular weight is 468 g/mol. The molecule has 0 aliphatic rings. The van der Waals surface area contributed by atoms with E-state index in [0.29, 0.717) is 10.6 Å². The highest BCUT2D eigenvalue weighted by Gasteiger charge is 2.22. The first kappa shape index (κ1) is 25.4. The lowest BCUT2D eigenvalue weighted by atomic mass is 10.2. The van der Waals surface area contributed by atoms with E-state index >= 15 is 0 Å². The van der Waals surface area contributed by atoms with Crippen molar-refractivity contribution < 1.29 is 13.2 Å². The number of benzene rings is 1. The molecule has 1 aromatic rings. The highest BCUT2D eigenvalue weighted by molar-refractivity contribution is 7.90. The van der Waals surface area contributed by atoms with Gasteiger partial charge in [-0.05, 0) is 19.2 Å². The van der Waals surface area contributed by atoms with Gasteiger partial charge in [0.05, 0.1) is 0 Å². The molecule has 0 atom stereocenters. The zero-order valence-electron chi connectivity index (χ0n) is 16.7. The monoisotopic (exact) mass is 467 g/mol. The zero-order valence-corrected chi connectivity index (χ0v) is 19.2. The van der Waals surface area contributed by atoms with Gasteiger partial charge in [0.15, 0.2) is 0 Å². The van der Waals surface area contributed by atoms with Crippen LogP contribution in [-0.4, -0.2) is 53.7 Å². The first-order valence-corrected chi connectivity index (χ1v) is 11.3. The van der Waals surface area contributed by atoms with Crippen molar-refractivity contribution in [1.82, 2.24) is 20.3 Å². The van der Waals surface area contributed by atoms with Crippen molar-refractivity contribution in [2.75, 3.05) is 19.3 Å². The number of carbonyl (C=O) groups is 1. The number of thiocarbonyl (C=S) groups is 2. The first-order valence-electron chi connectivity index (χ1n) is 8.79. The van der Waals surface area contributed by atoms with Crippen LogP contribution < -0.4 is 16.0 Å². The minimum atomic E-state index is -4.02. The number of nitrogens with two attached hydrogens (primary N) is 1. The molecule has 4 N–H and O–H groups in total. The summed E-state index contributed by atoms with van der Waals surface area (Å²) in [6.45, 7) is 5.73. The number of allylic oxidation sites excluding steroid dienone is 2. The summed E-state index contributed by atoms with van der Waals surface area (Å²) in [5.41, 5.74) is 8.82. The minimum absolute atomic E-state index is 0.172. The molecule has 8 nitrogen and oxygen atoms in total. The van der Waals surface area contributed by atoms with Gasteiger partial charge in [0.2, 0.25) is 10.0 Å². The molecule has 1 aromatic carbocycles. The molecule has 0 aromatic heterocycles. The van der Waals surface area contributed by atoms with Crippen molar-refractivity contribution in [3.05, 3.63) is 72.5 Å². The molecule has 162 valence electrons. The largest absolute Gasteiger partial charge is 0.405 e. The normalized spacial score (nSPS) is 11.4. The average Bonchev–Trinajstić information content (AvgIpc) is 2.71. The molecule has 0 fully saturated rings. The second kappa shape index (κ2) is 12.2. The van der Waals surface area contributed by atoms with Crippen LogP contribution in [0.4, 0.5) is 0 Å². The third-order valence-corrected chi connectivity index (χ3v) is 5.68. The Morgan fingerprint density at radius 1 is 1.23 bits per heavy atom. The van der Waals surface area contributed by atoms with E-state index in [1.165, 1.54) is 23.3 Å². The standard InChI is InChI=1S/C19H25N5O3S3/c1-4-24(18(28)15(2)10-8-9-13-20)22-30(26,27)14-17(25)21-23(3)19(29)16-11-6-5-7-12-16/h5-13,22H,2,4,14,20H2,1,3H3,(H,21,25)/b10-8-,13-9-. The van der Waals surface area contributed by atoms with E-state index in [-0.39, 0.29) is 11.5 Å². The summed E-state index contributed by atoms with van der Waals surface area (Å²) >= 11 is 10.5. The molecule has 0 bridgehead atoms. The van der Waals surface area contributed by atoms with Gasteiger partial charge in [-0.2, -0.15) is 0 Å². The molecule has 0 aliphatic heterocycles. The Morgan fingerprint density at radius 2 is 1.87 bits per heavy atom. The lowest BCUT2D eigenvalue weighted by Gasteiger charge is -2.25. The number of nitrogens with zero attached hydrogens (tertiary/aromatic N) is 2. The molecule has 1 rings (SSSR count). The molecule has 0 aliphatic carbocycles. The first-order chi connectivity index (χ1) is 14.1. The number of hydrogen-bond donors (Lipinski definition) is 3. The number of nitrogens with one attached hydrogen (secondary N) is 2. The summed E-state index contributed by atoms with van der Waals surface area (Å²) in [5, 5.41) is 2.51. The van der Waals surface area contributed by atoms with Crippen molar-refractivity contribution in [2.24, 2.45) is 5.73 Å². The maximum Gasteiger partial charge on any atom is 0.255 e. The van der Waals surface area contributed by atoms with Crippen LogP contribution in [0.5, 0.6) is 0 Å². The van der Waals surface area contributed by atoms with Crippen LogP contribution in [0.1, 0.15) is 12.5 Å². The quantitative estimate of drug-likeness (QED) is 0.216. The van der Waals surface area contributed by atoms with Crippen LogP contribution in [0.25, 0.3) is 0 Å². The van der Waals surface area contributed by atoms with Crippen LogP contribution in [0.15, 0.2) is 66.9 Å². The van der Waals surface area contributed by atoms with E-state index in [0.717, 1.165) is 5.56 Å². The highest BCUT2D eigenvalue weighted by atomic mass is 32.2. The summed E-state index contributed by atoms with van der Waals surface area (Å²) in [5.74, 6) is -1.57. The second-order valence-electron chi connectivity index (χ2n) is 5.93. The van der Waals surface area contributed by atoms with Gasteiger partial charge in [0.25, 0.3) is 5.91 Å². The molecule has 0 unspecified atom stereocenters. The smallest absolute Gasteiger partial charge is 0.255 e. The maximum absolute atomic E-state index is 12.4. The number of hydrazine groups is 2. The fourth-order valence-corrected chi connectivity index (χ4v) is 3.66. The summed E-state index contributed by atoms with van der Waals surface area (Å²) in [7, 11) is -2.49. The number of amides is 1. The van der Waals surface area contributed by atoms with Gasteiger partial charge in [-0.1, -0.05) is 73.5 Å². The van der Waals surface area contributed by atoms with E-state index in [2.05, 4.69) is 16.8 Å². The van der Waals surface area contributed by atoms with Gasteiger partial charge < -0.3 is 5.73 Å². The Hall–Kier alpha value is -2.60. The van der Waals surface area contributed by atoms with E-state index < -0.39 is 21.7 Å². The topological polar surface area (TPSA) is 108 Å². The van der Waals surface area contributed by atoms with Crippen molar-refractivity contribution in [3.63, 3.8) is 0 Å². The van der Waals surface area contributed by atoms with Gasteiger partial charge in [0.1, 0.15) is 15.7 Å². The van der Waals surface area contributed by atoms with Gasteiger partial charge in [-0.3, -0.25) is 20.2 Å². The number of sulfonamides is 1. The van der Waals surface area contributed by atoms with E-state index in [1.807, 2.05) is 18.2 Å². The Bertz CT molecular complexity index is 943. The Kier molecular flexibility index (Phi) is 10.3. The fourth-order valence-electron chi connectivity index (χ4n) is 2.15. The van der Waals surface area contributed by atoms with E-state index in [4.69, 9.17) is 30.2 Å². The van der Waals surface area contributed by atoms with Crippen molar-refractivity contribution in [3.8, 4) is 0 Å². The van der Waals surface area contributed by atoms with Crippen LogP contribution in [0.3, 0.4) is 0 Å². The highest BCUT2D eigenvalue weighted by Crippen LogP contribution is 2.05. The predicted octanol–water partition coefficient (Wildman–Crippen LogP) is 1.39. The summed E-state index contributed by atoms with van der Waals surface area (Å²) < 4.78 is 24.8. The summed E-state index contributed by atoms with van der Waals surface area (Å²) in [6, 6.07) is 9.03. The maximum atomic E-state index is 12.4. The minimum Gasteiger partial charge on any atom is -0.405 e. The number of rotatable bonds is 9. The number of hydrogen-bond acceptors (Lipinski definition) is 6. The van der Waals surface area contributed by atoms with Gasteiger partial charge in [0, 0.05) is 24.7 Å². The SMILES string of the molecule is C=C(/C=C\C=C/N)C(=S)N(CC)NS(=O)(=O)CC(=O)NN(C)C(=S)c1ccccc1. The number of likely N-dealkylation sites (N-methyl/N-ethyl adjacent to an activating group) is 1. The predicted molar refractivity (Wildman–Crippen MR) is 128 cm³/mol. The van der Waals surface area contributed by atoms with Crippen LogP contribution in [0, 0.1) is 0 Å². The van der Waals surface area contributed by atoms with E-state index in [1.54, 1.807) is 37.3 Å². The Balaban J connectivity index is 2.72. The fraction of sp³-hybridized carbons (Fsp3) is 0.211. The van der Waals surface area contributed by atoms with Crippen molar-refractivity contribution in [2.45, 2.75) is 6.92 Å². The number of carbonyl (C=O) groups excluding carboxylic acids is 1. The molecular formula is C19H25N5O3S3. The molecule has 11 heteroatoms. The van der Waals surface area contributed by atoms with Gasteiger partial charge >= 0.3 is 0 Å². The Labute approximate surface area is 188 Å².